The second-order valence-corrected chi connectivity index (χ2v) is 5.26. The Kier molecular flexibility index (Phi) is 2.38. The van der Waals surface area contributed by atoms with Crippen LogP contribution in [-0.2, 0) is 14.7 Å². The summed E-state index contributed by atoms with van der Waals surface area (Å²) in [5.41, 5.74) is 2.21. The number of hydrogen-bond donors (Lipinski definition) is 1. The summed E-state index contributed by atoms with van der Waals surface area (Å²) in [6.07, 6.45) is 0. The van der Waals surface area contributed by atoms with E-state index >= 15 is 0 Å². The molecule has 0 saturated heterocycles. The summed E-state index contributed by atoms with van der Waals surface area (Å²) in [6.45, 7) is 1.96. The van der Waals surface area contributed by atoms with Gasteiger partial charge >= 0.3 is 0 Å². The molecule has 1 aromatic rings. The minimum Gasteiger partial charge on any atom is -0.300 e. The molecule has 1 aliphatic rings. The van der Waals surface area contributed by atoms with Gasteiger partial charge in [0.1, 0.15) is 0 Å². The molecule has 0 atom stereocenters. The highest BCUT2D eigenvalue weighted by Gasteiger charge is 2.26. The van der Waals surface area contributed by atoms with Gasteiger partial charge in [-0.25, -0.2) is 14.3 Å². The molecule has 0 amide bonds. The fraction of sp³-hybridized carbons (Fsp3) is 0.200. The van der Waals surface area contributed by atoms with Gasteiger partial charge in [0.15, 0.2) is 0 Å². The predicted octanol–water partition coefficient (Wildman–Crippen LogP) is 1.01. The lowest BCUT2D eigenvalue weighted by molar-refractivity contribution is 0.173. The average Bonchev–Trinajstić information content (AvgIpc) is 2.39. The molecule has 1 heterocycles. The lowest BCUT2D eigenvalue weighted by Gasteiger charge is -2.03. The fourth-order valence-corrected chi connectivity index (χ4v) is 3.20. The quantitative estimate of drug-likeness (QED) is 0.763. The van der Waals surface area contributed by atoms with Gasteiger partial charge in [-0.05, 0) is 29.7 Å². The molecule has 0 aliphatic carbocycles. The number of sulfone groups is 1. The van der Waals surface area contributed by atoms with Crippen LogP contribution < -0.4 is 5.90 Å². The molecule has 80 valence electrons. The average molecular weight is 225 g/mol. The van der Waals surface area contributed by atoms with Crippen LogP contribution in [0.1, 0.15) is 11.1 Å². The van der Waals surface area contributed by atoms with E-state index in [4.69, 9.17) is 5.90 Å². The van der Waals surface area contributed by atoms with E-state index in [0.717, 1.165) is 5.56 Å². The van der Waals surface area contributed by atoms with Gasteiger partial charge in [0.05, 0.1) is 11.5 Å². The number of rotatable bonds is 2. The molecule has 0 fully saturated rings. The van der Waals surface area contributed by atoms with Crippen molar-refractivity contribution in [2.75, 3.05) is 6.61 Å². The third-order valence-electron chi connectivity index (χ3n) is 2.33. The van der Waals surface area contributed by atoms with Gasteiger partial charge in [-0.1, -0.05) is 12.1 Å². The van der Waals surface area contributed by atoms with Crippen LogP contribution in [0.3, 0.4) is 0 Å². The van der Waals surface area contributed by atoms with Crippen LogP contribution in [0.25, 0.3) is 5.57 Å². The van der Waals surface area contributed by atoms with E-state index in [1.54, 1.807) is 12.1 Å². The summed E-state index contributed by atoms with van der Waals surface area (Å²) in [5.74, 6) is 4.95. The largest absolute Gasteiger partial charge is 0.300 e. The van der Waals surface area contributed by atoms with Crippen molar-refractivity contribution in [1.82, 2.24) is 0 Å². The van der Waals surface area contributed by atoms with Crippen LogP contribution in [0.4, 0.5) is 0 Å². The van der Waals surface area contributed by atoms with Crippen LogP contribution in [0.2, 0.25) is 0 Å². The number of aryl methyl sites for hydroxylation is 1. The Bertz CT molecular complexity index is 532. The Morgan fingerprint density at radius 1 is 1.40 bits per heavy atom. The van der Waals surface area contributed by atoms with Crippen molar-refractivity contribution < 1.29 is 13.3 Å². The Labute approximate surface area is 88.2 Å². The molecule has 2 rings (SSSR count). The molecule has 0 aromatic heterocycles. The van der Waals surface area contributed by atoms with Crippen LogP contribution in [0, 0.1) is 6.92 Å². The van der Waals surface area contributed by atoms with Gasteiger partial charge in [-0.15, -0.1) is 0 Å². The van der Waals surface area contributed by atoms with E-state index in [2.05, 4.69) is 4.84 Å². The van der Waals surface area contributed by atoms with E-state index in [1.165, 1.54) is 5.41 Å². The Morgan fingerprint density at radius 2 is 2.13 bits per heavy atom. The molecule has 4 nitrogen and oxygen atoms in total. The molecule has 0 bridgehead atoms. The van der Waals surface area contributed by atoms with Gasteiger partial charge < -0.3 is 0 Å². The van der Waals surface area contributed by atoms with Crippen LogP contribution in [0.5, 0.6) is 0 Å². The highest BCUT2D eigenvalue weighted by atomic mass is 32.2. The second kappa shape index (κ2) is 3.44. The third kappa shape index (κ3) is 1.69. The second-order valence-electron chi connectivity index (χ2n) is 3.50. The van der Waals surface area contributed by atoms with Gasteiger partial charge in [-0.3, -0.25) is 4.84 Å². The molecule has 2 N–H and O–H groups in total. The maximum atomic E-state index is 11.7. The molecule has 1 aromatic carbocycles. The summed E-state index contributed by atoms with van der Waals surface area (Å²) in [4.78, 5) is 4.82. The highest BCUT2D eigenvalue weighted by Crippen LogP contribution is 2.33. The zero-order chi connectivity index (χ0) is 11.1. The van der Waals surface area contributed by atoms with E-state index in [9.17, 15) is 8.42 Å². The smallest absolute Gasteiger partial charge is 0.200 e. The molecule has 0 saturated carbocycles. The Balaban J connectivity index is 2.62. The van der Waals surface area contributed by atoms with E-state index < -0.39 is 9.84 Å². The van der Waals surface area contributed by atoms with Gasteiger partial charge in [0, 0.05) is 5.41 Å². The molecule has 0 spiro atoms. The van der Waals surface area contributed by atoms with Gasteiger partial charge in [-0.2, -0.15) is 0 Å². The van der Waals surface area contributed by atoms with Crippen molar-refractivity contribution in [2.45, 2.75) is 11.8 Å². The first kappa shape index (κ1) is 10.4. The number of hydrogen-bond acceptors (Lipinski definition) is 4. The van der Waals surface area contributed by atoms with Crippen molar-refractivity contribution in [3.8, 4) is 0 Å². The van der Waals surface area contributed by atoms with Crippen LogP contribution in [0.15, 0.2) is 28.5 Å². The third-order valence-corrected chi connectivity index (χ3v) is 3.87. The maximum absolute atomic E-state index is 11.7. The summed E-state index contributed by atoms with van der Waals surface area (Å²) >= 11 is 0. The summed E-state index contributed by atoms with van der Waals surface area (Å²) in [5, 5.41) is 1.21. The number of fused-ring (bicyclic) bond motifs is 1. The molecule has 1 aliphatic heterocycles. The molecule has 0 radical (unpaired) electrons. The summed E-state index contributed by atoms with van der Waals surface area (Å²) < 4.78 is 23.4. The highest BCUT2D eigenvalue weighted by molar-refractivity contribution is 7.95. The molecular weight excluding hydrogens is 214 g/mol. The zero-order valence-corrected chi connectivity index (χ0v) is 9.04. The van der Waals surface area contributed by atoms with Crippen molar-refractivity contribution in [1.29, 1.82) is 0 Å². The van der Waals surface area contributed by atoms with E-state index in [-0.39, 0.29) is 6.61 Å². The minimum absolute atomic E-state index is 0.106. The Hall–Kier alpha value is -1.17. The van der Waals surface area contributed by atoms with E-state index in [0.29, 0.717) is 16.0 Å². The standard InChI is InChI=1S/C10H11NO3S/c1-7-2-3-9-8(5-14-11)6-15(12,13)10(9)4-7/h2-4,6H,5,11H2,1H3. The summed E-state index contributed by atoms with van der Waals surface area (Å²) in [7, 11) is -3.30. The van der Waals surface area contributed by atoms with Crippen molar-refractivity contribution in [3.63, 3.8) is 0 Å². The first-order valence-corrected chi connectivity index (χ1v) is 5.97. The lowest BCUT2D eigenvalue weighted by atomic mass is 10.1. The molecular formula is C10H11NO3S. The number of benzene rings is 1. The SMILES string of the molecule is Cc1ccc2c(c1)S(=O)(=O)C=C2CON. The maximum Gasteiger partial charge on any atom is 0.200 e. The van der Waals surface area contributed by atoms with Crippen molar-refractivity contribution in [3.05, 3.63) is 34.7 Å². The first-order chi connectivity index (χ1) is 7.04. The molecule has 5 heteroatoms. The summed E-state index contributed by atoms with van der Waals surface area (Å²) in [6, 6.07) is 5.30. The predicted molar refractivity (Wildman–Crippen MR) is 56.5 cm³/mol. The van der Waals surface area contributed by atoms with Crippen molar-refractivity contribution >= 4 is 15.4 Å². The van der Waals surface area contributed by atoms with Gasteiger partial charge in [0.25, 0.3) is 0 Å². The normalized spacial score (nSPS) is 17.3. The number of nitrogens with two attached hydrogens (primary N) is 1. The monoisotopic (exact) mass is 225 g/mol. The molecule has 15 heavy (non-hydrogen) atoms. The van der Waals surface area contributed by atoms with Crippen LogP contribution in [-0.4, -0.2) is 15.0 Å². The van der Waals surface area contributed by atoms with Crippen LogP contribution >= 0.6 is 0 Å². The molecule has 0 unspecified atom stereocenters. The fourth-order valence-electron chi connectivity index (χ4n) is 1.65. The topological polar surface area (TPSA) is 69.4 Å². The Morgan fingerprint density at radius 3 is 2.80 bits per heavy atom. The van der Waals surface area contributed by atoms with Crippen molar-refractivity contribution in [2.24, 2.45) is 5.90 Å². The lowest BCUT2D eigenvalue weighted by Crippen LogP contribution is -2.02. The first-order valence-electron chi connectivity index (χ1n) is 4.43. The van der Waals surface area contributed by atoms with E-state index in [1.807, 2.05) is 13.0 Å². The van der Waals surface area contributed by atoms with Gasteiger partial charge in [0.2, 0.25) is 9.84 Å². The minimum atomic E-state index is -3.30. The zero-order valence-electron chi connectivity index (χ0n) is 8.23.